The van der Waals surface area contributed by atoms with Gasteiger partial charge < -0.3 is 14.9 Å². The average molecular weight is 199 g/mol. The number of hydrogen-bond donors (Lipinski definition) is 3. The monoisotopic (exact) mass is 199 g/mol. The Bertz CT molecular complexity index is 281. The third-order valence-electron chi connectivity index (χ3n) is 1.83. The van der Waals surface area contributed by atoms with Crippen LogP contribution in [0.2, 0.25) is 0 Å². The van der Waals surface area contributed by atoms with Gasteiger partial charge in [0.25, 0.3) is 0 Å². The lowest BCUT2D eigenvalue weighted by Gasteiger charge is -2.05. The molecule has 0 radical (unpaired) electrons. The number of hydrogen-bond acceptors (Lipinski definition) is 3. The van der Waals surface area contributed by atoms with Crippen molar-refractivity contribution in [2.75, 3.05) is 13.2 Å². The third kappa shape index (κ3) is 3.30. The zero-order valence-corrected chi connectivity index (χ0v) is 8.58. The van der Waals surface area contributed by atoms with Crippen LogP contribution >= 0.6 is 0 Å². The van der Waals surface area contributed by atoms with Crippen molar-refractivity contribution >= 4 is 0 Å². The first-order chi connectivity index (χ1) is 6.59. The van der Waals surface area contributed by atoms with Gasteiger partial charge in [0, 0.05) is 24.7 Å². The number of aromatic amines is 1. The van der Waals surface area contributed by atoms with E-state index in [1.807, 2.05) is 0 Å². The molecule has 0 saturated heterocycles. The number of aromatic nitrogens is 1. The molecule has 1 aromatic heterocycles. The summed E-state index contributed by atoms with van der Waals surface area (Å²) in [5.41, 5.74) is 0.686. The summed E-state index contributed by atoms with van der Waals surface area (Å²) in [4.78, 5) is 2.41. The molecule has 4 nitrogen and oxygen atoms in total. The Balaban J connectivity index is 2.28. The molecular formula is C10H17NO3. The maximum absolute atomic E-state index is 9.27. The minimum atomic E-state index is -0.0126. The first kappa shape index (κ1) is 10.9. The van der Waals surface area contributed by atoms with Crippen molar-refractivity contribution in [2.45, 2.75) is 20.3 Å². The molecule has 0 aliphatic carbocycles. The highest BCUT2D eigenvalue weighted by Crippen LogP contribution is 2.21. The molecule has 0 aromatic carbocycles. The van der Waals surface area contributed by atoms with Gasteiger partial charge in [0.2, 0.25) is 0 Å². The van der Waals surface area contributed by atoms with Crippen LogP contribution in [0.5, 0.6) is 11.8 Å². The molecule has 0 unspecified atom stereocenters. The summed E-state index contributed by atoms with van der Waals surface area (Å²) in [6, 6.07) is 1.51. The summed E-state index contributed by atoms with van der Waals surface area (Å²) < 4.78 is 5.36. The highest BCUT2D eigenvalue weighted by Gasteiger charge is 2.05. The molecule has 0 aliphatic heterocycles. The maximum atomic E-state index is 9.27. The standard InChI is InChI=1S/C10H17NO3/c1-7(2)6-14-4-3-8-5-9(12)11-10(8)13/h5,7,11-13H,3-4,6H2,1-2H3. The van der Waals surface area contributed by atoms with E-state index in [0.717, 1.165) is 6.61 Å². The van der Waals surface area contributed by atoms with E-state index in [1.165, 1.54) is 6.07 Å². The number of aromatic hydroxyl groups is 2. The van der Waals surface area contributed by atoms with Crippen LogP contribution in [0.4, 0.5) is 0 Å². The van der Waals surface area contributed by atoms with Gasteiger partial charge in [0.15, 0.2) is 11.8 Å². The highest BCUT2D eigenvalue weighted by atomic mass is 16.5. The zero-order valence-electron chi connectivity index (χ0n) is 8.58. The molecule has 80 valence electrons. The molecule has 0 spiro atoms. The Labute approximate surface area is 83.5 Å². The number of rotatable bonds is 5. The van der Waals surface area contributed by atoms with Crippen LogP contribution in [-0.2, 0) is 11.2 Å². The number of H-pyrrole nitrogens is 1. The lowest BCUT2D eigenvalue weighted by atomic mass is 10.2. The van der Waals surface area contributed by atoms with Crippen molar-refractivity contribution in [2.24, 2.45) is 5.92 Å². The van der Waals surface area contributed by atoms with Crippen molar-refractivity contribution in [3.05, 3.63) is 11.6 Å². The molecule has 0 saturated carbocycles. The van der Waals surface area contributed by atoms with Crippen molar-refractivity contribution in [1.82, 2.24) is 4.98 Å². The van der Waals surface area contributed by atoms with E-state index >= 15 is 0 Å². The quantitative estimate of drug-likeness (QED) is 0.631. The first-order valence-electron chi connectivity index (χ1n) is 4.77. The first-order valence-corrected chi connectivity index (χ1v) is 4.77. The second kappa shape index (κ2) is 4.91. The molecule has 0 fully saturated rings. The Kier molecular flexibility index (Phi) is 3.83. The fourth-order valence-corrected chi connectivity index (χ4v) is 1.16. The summed E-state index contributed by atoms with van der Waals surface area (Å²) in [5.74, 6) is 0.528. The summed E-state index contributed by atoms with van der Waals surface area (Å²) in [6.45, 7) is 5.44. The SMILES string of the molecule is CC(C)COCCc1cc(O)[nH]c1O. The van der Waals surface area contributed by atoms with Crippen LogP contribution in [0.25, 0.3) is 0 Å². The van der Waals surface area contributed by atoms with Crippen LogP contribution in [0.15, 0.2) is 6.07 Å². The van der Waals surface area contributed by atoms with Crippen molar-refractivity contribution in [1.29, 1.82) is 0 Å². The number of ether oxygens (including phenoxy) is 1. The van der Waals surface area contributed by atoms with E-state index < -0.39 is 0 Å². The van der Waals surface area contributed by atoms with E-state index in [2.05, 4.69) is 18.8 Å². The summed E-state index contributed by atoms with van der Waals surface area (Å²) in [6.07, 6.45) is 0.607. The average Bonchev–Trinajstić information content (AvgIpc) is 2.39. The van der Waals surface area contributed by atoms with Crippen LogP contribution in [-0.4, -0.2) is 28.4 Å². The topological polar surface area (TPSA) is 65.5 Å². The van der Waals surface area contributed by atoms with E-state index in [-0.39, 0.29) is 11.8 Å². The minimum absolute atomic E-state index is 0.0126. The Morgan fingerprint density at radius 2 is 2.14 bits per heavy atom. The molecule has 3 N–H and O–H groups in total. The summed E-state index contributed by atoms with van der Waals surface area (Å²) in [7, 11) is 0. The summed E-state index contributed by atoms with van der Waals surface area (Å²) in [5, 5.41) is 18.3. The minimum Gasteiger partial charge on any atom is -0.495 e. The van der Waals surface area contributed by atoms with Gasteiger partial charge in [-0.05, 0) is 5.92 Å². The van der Waals surface area contributed by atoms with Gasteiger partial charge in [-0.15, -0.1) is 0 Å². The predicted molar refractivity (Wildman–Crippen MR) is 53.5 cm³/mol. The lowest BCUT2D eigenvalue weighted by molar-refractivity contribution is 0.112. The van der Waals surface area contributed by atoms with Gasteiger partial charge in [-0.3, -0.25) is 4.98 Å². The Morgan fingerprint density at radius 3 is 2.64 bits per heavy atom. The molecular weight excluding hydrogens is 182 g/mol. The number of nitrogens with one attached hydrogen (secondary N) is 1. The fraction of sp³-hybridized carbons (Fsp3) is 0.600. The van der Waals surface area contributed by atoms with Gasteiger partial charge in [-0.25, -0.2) is 0 Å². The van der Waals surface area contributed by atoms with E-state index in [1.54, 1.807) is 0 Å². The van der Waals surface area contributed by atoms with Gasteiger partial charge in [-0.1, -0.05) is 13.8 Å². The Morgan fingerprint density at radius 1 is 1.43 bits per heavy atom. The largest absolute Gasteiger partial charge is 0.495 e. The Hall–Kier alpha value is -1.16. The molecule has 0 aliphatic rings. The van der Waals surface area contributed by atoms with Gasteiger partial charge >= 0.3 is 0 Å². The normalized spacial score (nSPS) is 11.1. The maximum Gasteiger partial charge on any atom is 0.194 e. The lowest BCUT2D eigenvalue weighted by Crippen LogP contribution is -2.04. The fourth-order valence-electron chi connectivity index (χ4n) is 1.16. The third-order valence-corrected chi connectivity index (χ3v) is 1.83. The predicted octanol–water partition coefficient (Wildman–Crippen LogP) is 1.64. The molecule has 1 aromatic rings. The van der Waals surface area contributed by atoms with Crippen LogP contribution in [0.1, 0.15) is 19.4 Å². The highest BCUT2D eigenvalue weighted by molar-refractivity contribution is 5.32. The van der Waals surface area contributed by atoms with E-state index in [4.69, 9.17) is 9.84 Å². The smallest absolute Gasteiger partial charge is 0.194 e. The molecule has 0 atom stereocenters. The second-order valence-corrected chi connectivity index (χ2v) is 3.75. The van der Waals surface area contributed by atoms with Crippen molar-refractivity contribution < 1.29 is 14.9 Å². The van der Waals surface area contributed by atoms with E-state index in [0.29, 0.717) is 24.5 Å². The summed E-state index contributed by atoms with van der Waals surface area (Å²) >= 11 is 0. The van der Waals surface area contributed by atoms with Gasteiger partial charge in [0.05, 0.1) is 6.61 Å². The zero-order chi connectivity index (χ0) is 10.6. The van der Waals surface area contributed by atoms with Gasteiger partial charge in [0.1, 0.15) is 0 Å². The molecule has 0 bridgehead atoms. The molecule has 0 amide bonds. The van der Waals surface area contributed by atoms with Crippen LogP contribution in [0, 0.1) is 5.92 Å². The molecule has 4 heteroatoms. The van der Waals surface area contributed by atoms with E-state index in [9.17, 15) is 5.11 Å². The van der Waals surface area contributed by atoms with Gasteiger partial charge in [-0.2, -0.15) is 0 Å². The van der Waals surface area contributed by atoms with Crippen LogP contribution in [0.3, 0.4) is 0 Å². The molecule has 1 heterocycles. The van der Waals surface area contributed by atoms with Crippen molar-refractivity contribution in [3.63, 3.8) is 0 Å². The van der Waals surface area contributed by atoms with Crippen LogP contribution < -0.4 is 0 Å². The van der Waals surface area contributed by atoms with Crippen molar-refractivity contribution in [3.8, 4) is 11.8 Å². The second-order valence-electron chi connectivity index (χ2n) is 3.75. The molecule has 14 heavy (non-hydrogen) atoms. The molecule has 1 rings (SSSR count).